The highest BCUT2D eigenvalue weighted by Crippen LogP contribution is 2.22. The molecule has 0 atom stereocenters. The van der Waals surface area contributed by atoms with Crippen LogP contribution in [0.15, 0.2) is 18.3 Å². The SMILES string of the molecule is Cn1cccc1-c1nnc2n1CCCC2. The highest BCUT2D eigenvalue weighted by molar-refractivity contribution is 5.50. The second kappa shape index (κ2) is 3.22. The van der Waals surface area contributed by atoms with E-state index in [2.05, 4.69) is 25.4 Å². The molecule has 0 saturated heterocycles. The van der Waals surface area contributed by atoms with Gasteiger partial charge in [0.25, 0.3) is 0 Å². The van der Waals surface area contributed by atoms with Crippen LogP contribution in [0.2, 0.25) is 0 Å². The third-order valence-corrected chi connectivity index (χ3v) is 3.03. The van der Waals surface area contributed by atoms with Gasteiger partial charge in [0.05, 0.1) is 5.69 Å². The van der Waals surface area contributed by atoms with Crippen LogP contribution in [-0.4, -0.2) is 19.3 Å². The molecule has 15 heavy (non-hydrogen) atoms. The average molecular weight is 202 g/mol. The third kappa shape index (κ3) is 1.28. The first-order chi connectivity index (χ1) is 7.36. The molecule has 0 fully saturated rings. The van der Waals surface area contributed by atoms with Crippen molar-refractivity contribution in [3.8, 4) is 11.5 Å². The van der Waals surface area contributed by atoms with Gasteiger partial charge in [-0.05, 0) is 25.0 Å². The van der Waals surface area contributed by atoms with Crippen molar-refractivity contribution in [2.45, 2.75) is 25.8 Å². The van der Waals surface area contributed by atoms with Crippen LogP contribution in [0.4, 0.5) is 0 Å². The monoisotopic (exact) mass is 202 g/mol. The molecule has 0 unspecified atom stereocenters. The molecule has 2 aromatic rings. The van der Waals surface area contributed by atoms with Crippen LogP contribution in [0.1, 0.15) is 18.7 Å². The van der Waals surface area contributed by atoms with Crippen LogP contribution in [0.25, 0.3) is 11.5 Å². The summed E-state index contributed by atoms with van der Waals surface area (Å²) in [6, 6.07) is 4.13. The van der Waals surface area contributed by atoms with E-state index in [-0.39, 0.29) is 0 Å². The first-order valence-electron chi connectivity index (χ1n) is 5.40. The van der Waals surface area contributed by atoms with Gasteiger partial charge in [-0.2, -0.15) is 0 Å². The van der Waals surface area contributed by atoms with Crippen LogP contribution in [0.3, 0.4) is 0 Å². The maximum absolute atomic E-state index is 4.29. The zero-order valence-electron chi connectivity index (χ0n) is 8.85. The minimum Gasteiger partial charge on any atom is -0.348 e. The molecular weight excluding hydrogens is 188 g/mol. The average Bonchev–Trinajstić information content (AvgIpc) is 2.83. The second-order valence-corrected chi connectivity index (χ2v) is 4.05. The minimum absolute atomic E-state index is 1.01. The summed E-state index contributed by atoms with van der Waals surface area (Å²) in [7, 11) is 2.04. The molecule has 1 aliphatic rings. The van der Waals surface area contributed by atoms with Crippen molar-refractivity contribution in [1.29, 1.82) is 0 Å². The maximum Gasteiger partial charge on any atom is 0.180 e. The van der Waals surface area contributed by atoms with Crippen LogP contribution in [-0.2, 0) is 20.0 Å². The van der Waals surface area contributed by atoms with Crippen molar-refractivity contribution in [2.75, 3.05) is 0 Å². The molecule has 78 valence electrons. The Morgan fingerprint density at radius 2 is 2.20 bits per heavy atom. The summed E-state index contributed by atoms with van der Waals surface area (Å²) in [5.41, 5.74) is 1.15. The summed E-state index contributed by atoms with van der Waals surface area (Å²) in [5, 5.41) is 8.55. The lowest BCUT2D eigenvalue weighted by molar-refractivity contribution is 0.525. The molecule has 3 heterocycles. The predicted octanol–water partition coefficient (Wildman–Crippen LogP) is 1.62. The first kappa shape index (κ1) is 8.71. The summed E-state index contributed by atoms with van der Waals surface area (Å²) in [6.07, 6.45) is 5.59. The smallest absolute Gasteiger partial charge is 0.180 e. The van der Waals surface area contributed by atoms with Gasteiger partial charge in [-0.1, -0.05) is 0 Å². The summed E-state index contributed by atoms with van der Waals surface area (Å²) in [4.78, 5) is 0. The molecular formula is C11H14N4. The Kier molecular flexibility index (Phi) is 1.87. The quantitative estimate of drug-likeness (QED) is 0.704. The number of rotatable bonds is 1. The Balaban J connectivity index is 2.13. The maximum atomic E-state index is 4.29. The van der Waals surface area contributed by atoms with E-state index in [0.717, 1.165) is 30.3 Å². The van der Waals surface area contributed by atoms with Crippen molar-refractivity contribution in [3.05, 3.63) is 24.2 Å². The molecule has 0 radical (unpaired) electrons. The molecule has 1 aliphatic heterocycles. The Morgan fingerprint density at radius 1 is 1.27 bits per heavy atom. The number of aryl methyl sites for hydroxylation is 2. The van der Waals surface area contributed by atoms with Crippen LogP contribution < -0.4 is 0 Å². The number of fused-ring (bicyclic) bond motifs is 1. The number of nitrogens with zero attached hydrogens (tertiary/aromatic N) is 4. The molecule has 0 aromatic carbocycles. The molecule has 0 amide bonds. The van der Waals surface area contributed by atoms with E-state index in [1.54, 1.807) is 0 Å². The van der Waals surface area contributed by atoms with Crippen LogP contribution in [0, 0.1) is 0 Å². The fourth-order valence-corrected chi connectivity index (χ4v) is 2.19. The van der Waals surface area contributed by atoms with Gasteiger partial charge in [0.1, 0.15) is 5.82 Å². The molecule has 0 saturated carbocycles. The van der Waals surface area contributed by atoms with Gasteiger partial charge in [0.15, 0.2) is 5.82 Å². The van der Waals surface area contributed by atoms with E-state index in [4.69, 9.17) is 0 Å². The topological polar surface area (TPSA) is 35.6 Å². The van der Waals surface area contributed by atoms with Gasteiger partial charge in [-0.25, -0.2) is 0 Å². The third-order valence-electron chi connectivity index (χ3n) is 3.03. The van der Waals surface area contributed by atoms with E-state index in [0.29, 0.717) is 0 Å². The highest BCUT2D eigenvalue weighted by Gasteiger charge is 2.17. The fourth-order valence-electron chi connectivity index (χ4n) is 2.19. The summed E-state index contributed by atoms with van der Waals surface area (Å²) in [6.45, 7) is 1.06. The van der Waals surface area contributed by atoms with Crippen molar-refractivity contribution < 1.29 is 0 Å². The molecule has 0 spiro atoms. The zero-order chi connectivity index (χ0) is 10.3. The molecule has 3 rings (SSSR count). The Hall–Kier alpha value is -1.58. The van der Waals surface area contributed by atoms with Crippen molar-refractivity contribution in [2.24, 2.45) is 7.05 Å². The van der Waals surface area contributed by atoms with E-state index in [1.165, 1.54) is 12.8 Å². The zero-order valence-corrected chi connectivity index (χ0v) is 8.85. The van der Waals surface area contributed by atoms with Gasteiger partial charge in [-0.3, -0.25) is 0 Å². The lowest BCUT2D eigenvalue weighted by Gasteiger charge is -2.14. The molecule has 4 heteroatoms. The van der Waals surface area contributed by atoms with E-state index in [9.17, 15) is 0 Å². The summed E-state index contributed by atoms with van der Waals surface area (Å²) >= 11 is 0. The molecule has 0 bridgehead atoms. The molecule has 2 aromatic heterocycles. The van der Waals surface area contributed by atoms with Gasteiger partial charge in [0.2, 0.25) is 0 Å². The largest absolute Gasteiger partial charge is 0.348 e. The lowest BCUT2D eigenvalue weighted by atomic mass is 10.1. The Labute approximate surface area is 88.6 Å². The van der Waals surface area contributed by atoms with Gasteiger partial charge < -0.3 is 9.13 Å². The molecule has 4 nitrogen and oxygen atoms in total. The van der Waals surface area contributed by atoms with E-state index >= 15 is 0 Å². The van der Waals surface area contributed by atoms with E-state index < -0.39 is 0 Å². The highest BCUT2D eigenvalue weighted by atomic mass is 15.3. The first-order valence-corrected chi connectivity index (χ1v) is 5.40. The van der Waals surface area contributed by atoms with Crippen molar-refractivity contribution in [3.63, 3.8) is 0 Å². The second-order valence-electron chi connectivity index (χ2n) is 4.05. The minimum atomic E-state index is 1.01. The lowest BCUT2D eigenvalue weighted by Crippen LogP contribution is -2.12. The number of hydrogen-bond donors (Lipinski definition) is 0. The van der Waals surface area contributed by atoms with Crippen LogP contribution >= 0.6 is 0 Å². The van der Waals surface area contributed by atoms with Gasteiger partial charge in [0, 0.05) is 26.2 Å². The van der Waals surface area contributed by atoms with Crippen LogP contribution in [0.5, 0.6) is 0 Å². The predicted molar refractivity (Wildman–Crippen MR) is 57.4 cm³/mol. The fraction of sp³-hybridized carbons (Fsp3) is 0.455. The molecule has 0 aliphatic carbocycles. The standard InChI is InChI=1S/C11H14N4/c1-14-7-4-5-9(14)11-13-12-10-6-2-3-8-15(10)11/h4-5,7H,2-3,6,8H2,1H3. The van der Waals surface area contributed by atoms with Crippen molar-refractivity contribution in [1.82, 2.24) is 19.3 Å². The number of aromatic nitrogens is 4. The number of hydrogen-bond acceptors (Lipinski definition) is 2. The summed E-state index contributed by atoms with van der Waals surface area (Å²) < 4.78 is 4.34. The molecule has 0 N–H and O–H groups in total. The van der Waals surface area contributed by atoms with Crippen molar-refractivity contribution >= 4 is 0 Å². The van der Waals surface area contributed by atoms with Gasteiger partial charge in [-0.15, -0.1) is 10.2 Å². The summed E-state index contributed by atoms with van der Waals surface area (Å²) in [5.74, 6) is 2.15. The van der Waals surface area contributed by atoms with E-state index in [1.807, 2.05) is 19.3 Å². The Morgan fingerprint density at radius 3 is 3.00 bits per heavy atom. The Bertz CT molecular complexity index is 480. The normalized spacial score (nSPS) is 15.3. The van der Waals surface area contributed by atoms with Gasteiger partial charge >= 0.3 is 0 Å².